The Morgan fingerprint density at radius 2 is 1.90 bits per heavy atom. The fourth-order valence-corrected chi connectivity index (χ4v) is 4.07. The molecule has 5 nitrogen and oxygen atoms in total. The molecular weight excluding hydrogens is 318 g/mol. The van der Waals surface area contributed by atoms with E-state index >= 15 is 0 Å². The number of amidine groups is 1. The summed E-state index contributed by atoms with van der Waals surface area (Å²) < 4.78 is 1.61. The molecule has 0 aromatic heterocycles. The number of Topliss-reactive ketones (excluding diaryl/α,β-unsaturated/α-hetero) is 1. The quantitative estimate of drug-likeness (QED) is 0.845. The lowest BCUT2D eigenvalue weighted by Gasteiger charge is -2.29. The molecule has 0 radical (unpaired) electrons. The summed E-state index contributed by atoms with van der Waals surface area (Å²) in [4.78, 5) is 24.0. The standard InChI is InChI=1S/C12H10ClN3O2S2/c13-8-3-1-7(2-4-8)11-9(17)5-20-16(11)15-10(18)6-19-12(15)14/h1-4,11,14H,5-6H2. The molecule has 2 heterocycles. The Kier molecular flexibility index (Phi) is 3.76. The minimum atomic E-state index is -0.541. The van der Waals surface area contributed by atoms with E-state index in [4.69, 9.17) is 17.0 Å². The first-order valence-electron chi connectivity index (χ1n) is 5.82. The normalized spacial score (nSPS) is 23.9. The molecule has 3 rings (SSSR count). The van der Waals surface area contributed by atoms with Gasteiger partial charge >= 0.3 is 0 Å². The molecule has 1 amide bonds. The van der Waals surface area contributed by atoms with Crippen LogP contribution in [0.1, 0.15) is 11.6 Å². The van der Waals surface area contributed by atoms with Crippen LogP contribution in [0.4, 0.5) is 0 Å². The Labute approximate surface area is 129 Å². The van der Waals surface area contributed by atoms with E-state index in [0.717, 1.165) is 5.56 Å². The third-order valence-electron chi connectivity index (χ3n) is 3.01. The fraction of sp³-hybridized carbons (Fsp3) is 0.250. The minimum absolute atomic E-state index is 0.0230. The maximum atomic E-state index is 12.1. The van der Waals surface area contributed by atoms with Crippen LogP contribution in [-0.4, -0.2) is 37.8 Å². The number of hydrogen-bond acceptors (Lipinski definition) is 6. The van der Waals surface area contributed by atoms with Crippen molar-refractivity contribution in [3.05, 3.63) is 34.9 Å². The van der Waals surface area contributed by atoms with Gasteiger partial charge in [0, 0.05) is 5.02 Å². The highest BCUT2D eigenvalue weighted by atomic mass is 35.5. The Morgan fingerprint density at radius 3 is 2.50 bits per heavy atom. The molecule has 0 saturated carbocycles. The van der Waals surface area contributed by atoms with Crippen LogP contribution >= 0.6 is 35.3 Å². The molecule has 0 aliphatic carbocycles. The van der Waals surface area contributed by atoms with Crippen molar-refractivity contribution >= 4 is 52.2 Å². The summed E-state index contributed by atoms with van der Waals surface area (Å²) in [6.07, 6.45) is 0. The summed E-state index contributed by atoms with van der Waals surface area (Å²) in [5.74, 6) is 0.405. The van der Waals surface area contributed by atoms with Crippen molar-refractivity contribution in [1.82, 2.24) is 9.42 Å². The van der Waals surface area contributed by atoms with Crippen LogP contribution in [-0.2, 0) is 9.59 Å². The Morgan fingerprint density at radius 1 is 1.20 bits per heavy atom. The number of amides is 1. The van der Waals surface area contributed by atoms with Gasteiger partial charge in [-0.2, -0.15) is 0 Å². The summed E-state index contributed by atoms with van der Waals surface area (Å²) in [6.45, 7) is 0. The molecular formula is C12H10ClN3O2S2. The van der Waals surface area contributed by atoms with Crippen LogP contribution in [0.3, 0.4) is 0 Å². The number of nitrogens with one attached hydrogen (secondary N) is 1. The van der Waals surface area contributed by atoms with Crippen molar-refractivity contribution < 1.29 is 9.59 Å². The average Bonchev–Trinajstić information content (AvgIpc) is 2.94. The SMILES string of the molecule is N=C1SCC(=O)N1N1SCC(=O)C1c1ccc(Cl)cc1. The van der Waals surface area contributed by atoms with Gasteiger partial charge in [-0.3, -0.25) is 15.0 Å². The van der Waals surface area contributed by atoms with Gasteiger partial charge in [-0.15, -0.1) is 4.41 Å². The highest BCUT2D eigenvalue weighted by molar-refractivity contribution is 8.15. The van der Waals surface area contributed by atoms with Crippen LogP contribution in [0.25, 0.3) is 0 Å². The van der Waals surface area contributed by atoms with E-state index in [9.17, 15) is 9.59 Å². The molecule has 0 bridgehead atoms. The van der Waals surface area contributed by atoms with E-state index in [-0.39, 0.29) is 22.6 Å². The topological polar surface area (TPSA) is 64.5 Å². The molecule has 2 aliphatic rings. The number of hydrogen-bond donors (Lipinski definition) is 1. The van der Waals surface area contributed by atoms with Gasteiger partial charge in [-0.25, -0.2) is 5.01 Å². The highest BCUT2D eigenvalue weighted by Crippen LogP contribution is 2.40. The number of rotatable bonds is 2. The monoisotopic (exact) mass is 327 g/mol. The van der Waals surface area contributed by atoms with Crippen LogP contribution in [0.5, 0.6) is 0 Å². The maximum Gasteiger partial charge on any atom is 0.254 e. The van der Waals surface area contributed by atoms with E-state index in [1.807, 2.05) is 0 Å². The summed E-state index contributed by atoms with van der Waals surface area (Å²) >= 11 is 8.30. The lowest BCUT2D eigenvalue weighted by molar-refractivity contribution is -0.133. The molecule has 1 aromatic carbocycles. The van der Waals surface area contributed by atoms with Gasteiger partial charge in [0.1, 0.15) is 6.04 Å². The number of carbonyl (C=O) groups is 2. The zero-order chi connectivity index (χ0) is 14.3. The molecule has 2 saturated heterocycles. The predicted molar refractivity (Wildman–Crippen MR) is 80.5 cm³/mol. The van der Waals surface area contributed by atoms with Gasteiger partial charge in [0.15, 0.2) is 11.0 Å². The summed E-state index contributed by atoms with van der Waals surface area (Å²) in [6, 6.07) is 6.46. The zero-order valence-corrected chi connectivity index (χ0v) is 12.6. The van der Waals surface area contributed by atoms with Crippen molar-refractivity contribution in [2.75, 3.05) is 11.5 Å². The third-order valence-corrected chi connectivity index (χ3v) is 5.15. The van der Waals surface area contributed by atoms with E-state index in [1.165, 1.54) is 28.7 Å². The third kappa shape index (κ3) is 2.35. The molecule has 8 heteroatoms. The smallest absolute Gasteiger partial charge is 0.254 e. The van der Waals surface area contributed by atoms with Gasteiger partial charge in [0.2, 0.25) is 0 Å². The van der Waals surface area contributed by atoms with Gasteiger partial charge in [0.05, 0.1) is 11.5 Å². The molecule has 20 heavy (non-hydrogen) atoms. The van der Waals surface area contributed by atoms with E-state index in [2.05, 4.69) is 0 Å². The number of ketones is 1. The van der Waals surface area contributed by atoms with Crippen LogP contribution < -0.4 is 0 Å². The minimum Gasteiger partial charge on any atom is -0.296 e. The zero-order valence-electron chi connectivity index (χ0n) is 10.2. The molecule has 1 N–H and O–H groups in total. The van der Waals surface area contributed by atoms with E-state index in [0.29, 0.717) is 10.8 Å². The van der Waals surface area contributed by atoms with Gasteiger partial charge in [-0.1, -0.05) is 35.5 Å². The number of benzene rings is 1. The number of nitrogens with zero attached hydrogens (tertiary/aromatic N) is 2. The molecule has 1 atom stereocenters. The van der Waals surface area contributed by atoms with Crippen molar-refractivity contribution in [2.24, 2.45) is 0 Å². The second-order valence-electron chi connectivity index (χ2n) is 4.30. The number of thioether (sulfide) groups is 1. The molecule has 104 valence electrons. The lowest BCUT2D eigenvalue weighted by Crippen LogP contribution is -2.42. The predicted octanol–water partition coefficient (Wildman–Crippen LogP) is 2.34. The van der Waals surface area contributed by atoms with Crippen LogP contribution in [0.15, 0.2) is 24.3 Å². The summed E-state index contributed by atoms with van der Waals surface area (Å²) in [5, 5.41) is 9.88. The summed E-state index contributed by atoms with van der Waals surface area (Å²) in [7, 11) is 0. The van der Waals surface area contributed by atoms with Crippen LogP contribution in [0, 0.1) is 5.41 Å². The molecule has 2 fully saturated rings. The first-order chi connectivity index (χ1) is 9.58. The molecule has 1 unspecified atom stereocenters. The van der Waals surface area contributed by atoms with Crippen molar-refractivity contribution in [1.29, 1.82) is 5.41 Å². The first kappa shape index (κ1) is 13.9. The molecule has 2 aliphatic heterocycles. The summed E-state index contributed by atoms with van der Waals surface area (Å²) in [5.41, 5.74) is 0.780. The largest absolute Gasteiger partial charge is 0.296 e. The van der Waals surface area contributed by atoms with Crippen molar-refractivity contribution in [2.45, 2.75) is 6.04 Å². The molecule has 1 aromatic rings. The lowest BCUT2D eigenvalue weighted by atomic mass is 10.0. The first-order valence-corrected chi connectivity index (χ1v) is 8.13. The maximum absolute atomic E-state index is 12.1. The van der Waals surface area contributed by atoms with Crippen molar-refractivity contribution in [3.63, 3.8) is 0 Å². The second kappa shape index (κ2) is 5.40. The fourth-order valence-electron chi connectivity index (χ4n) is 2.10. The average molecular weight is 328 g/mol. The Hall–Kier alpha value is -1.02. The van der Waals surface area contributed by atoms with Crippen molar-refractivity contribution in [3.8, 4) is 0 Å². The number of carbonyl (C=O) groups excluding carboxylic acids is 2. The number of hydrazine groups is 1. The van der Waals surface area contributed by atoms with Gasteiger partial charge in [-0.05, 0) is 29.6 Å². The Bertz CT molecular complexity index is 577. The Balaban J connectivity index is 1.94. The molecule has 0 spiro atoms. The van der Waals surface area contributed by atoms with E-state index < -0.39 is 6.04 Å². The highest BCUT2D eigenvalue weighted by Gasteiger charge is 2.44. The van der Waals surface area contributed by atoms with Crippen LogP contribution in [0.2, 0.25) is 5.02 Å². The van der Waals surface area contributed by atoms with Gasteiger partial charge in [0.25, 0.3) is 5.91 Å². The van der Waals surface area contributed by atoms with E-state index in [1.54, 1.807) is 28.7 Å². The number of halogens is 1. The second-order valence-corrected chi connectivity index (χ2v) is 6.62. The van der Waals surface area contributed by atoms with Gasteiger partial charge < -0.3 is 0 Å².